The van der Waals surface area contributed by atoms with Crippen molar-refractivity contribution in [1.82, 2.24) is 0 Å². The molecule has 0 aliphatic carbocycles. The molecule has 1 aliphatic rings. The van der Waals surface area contributed by atoms with Gasteiger partial charge in [-0.2, -0.15) is 13.2 Å². The summed E-state index contributed by atoms with van der Waals surface area (Å²) in [6, 6.07) is 11.2. The van der Waals surface area contributed by atoms with Crippen molar-refractivity contribution in [3.8, 4) is 5.75 Å². The average molecular weight is 378 g/mol. The molecule has 0 radical (unpaired) electrons. The molecular weight excluding hydrogens is 361 g/mol. The lowest BCUT2D eigenvalue weighted by atomic mass is 10.1. The number of halogens is 3. The lowest BCUT2D eigenvalue weighted by Crippen LogP contribution is -2.28. The summed E-state index contributed by atoms with van der Waals surface area (Å²) in [5.41, 5.74) is -0.153. The summed E-state index contributed by atoms with van der Waals surface area (Å²) in [6.45, 7) is 0.0299. The molecule has 1 N–H and O–H groups in total. The fourth-order valence-corrected chi connectivity index (χ4v) is 2.90. The molecule has 1 aliphatic heterocycles. The van der Waals surface area contributed by atoms with Gasteiger partial charge in [0.05, 0.1) is 18.6 Å². The lowest BCUT2D eigenvalue weighted by molar-refractivity contribution is -0.137. The second kappa shape index (κ2) is 7.30. The van der Waals surface area contributed by atoms with Crippen molar-refractivity contribution < 1.29 is 27.5 Å². The Morgan fingerprint density at radius 3 is 2.52 bits per heavy atom. The van der Waals surface area contributed by atoms with Crippen LogP contribution < -0.4 is 15.0 Å². The van der Waals surface area contributed by atoms with Gasteiger partial charge in [0.2, 0.25) is 11.8 Å². The fourth-order valence-electron chi connectivity index (χ4n) is 2.90. The summed E-state index contributed by atoms with van der Waals surface area (Å²) in [4.78, 5) is 25.9. The molecule has 1 saturated heterocycles. The van der Waals surface area contributed by atoms with Crippen LogP contribution in [0.3, 0.4) is 0 Å². The predicted octanol–water partition coefficient (Wildman–Crippen LogP) is 3.71. The SMILES string of the molecule is COc1ccc(NC(=O)C2CC(=O)N(c3cccc(C(F)(F)F)c3)C2)cc1. The molecule has 2 aromatic rings. The molecule has 1 heterocycles. The highest BCUT2D eigenvalue weighted by Crippen LogP contribution is 2.33. The Morgan fingerprint density at radius 2 is 1.89 bits per heavy atom. The summed E-state index contributed by atoms with van der Waals surface area (Å²) in [7, 11) is 1.53. The van der Waals surface area contributed by atoms with Crippen molar-refractivity contribution >= 4 is 23.2 Å². The molecule has 1 fully saturated rings. The summed E-state index contributed by atoms with van der Waals surface area (Å²) in [6.07, 6.45) is -4.55. The number of ether oxygens (including phenoxy) is 1. The highest BCUT2D eigenvalue weighted by molar-refractivity contribution is 6.03. The first-order valence-electron chi connectivity index (χ1n) is 8.20. The van der Waals surface area contributed by atoms with Crippen LogP contribution in [0.4, 0.5) is 24.5 Å². The van der Waals surface area contributed by atoms with Crippen LogP contribution in [0.2, 0.25) is 0 Å². The van der Waals surface area contributed by atoms with Gasteiger partial charge in [-0.3, -0.25) is 9.59 Å². The van der Waals surface area contributed by atoms with E-state index in [9.17, 15) is 22.8 Å². The van der Waals surface area contributed by atoms with Gasteiger partial charge in [0.25, 0.3) is 0 Å². The third-order valence-electron chi connectivity index (χ3n) is 4.34. The molecule has 142 valence electrons. The maximum absolute atomic E-state index is 12.9. The van der Waals surface area contributed by atoms with E-state index in [1.807, 2.05) is 0 Å². The zero-order valence-electron chi connectivity index (χ0n) is 14.4. The molecule has 1 atom stereocenters. The van der Waals surface area contributed by atoms with Gasteiger partial charge in [0, 0.05) is 24.3 Å². The van der Waals surface area contributed by atoms with Crippen molar-refractivity contribution in [3.63, 3.8) is 0 Å². The number of carbonyl (C=O) groups excluding carboxylic acids is 2. The normalized spacial score (nSPS) is 17.1. The minimum Gasteiger partial charge on any atom is -0.497 e. The number of carbonyl (C=O) groups is 2. The Balaban J connectivity index is 1.70. The van der Waals surface area contributed by atoms with E-state index in [0.717, 1.165) is 12.1 Å². The summed E-state index contributed by atoms with van der Waals surface area (Å²) in [5.74, 6) is -0.749. The molecule has 0 bridgehead atoms. The number of rotatable bonds is 4. The molecule has 8 heteroatoms. The number of anilines is 2. The Hall–Kier alpha value is -3.03. The number of hydrogen-bond donors (Lipinski definition) is 1. The quantitative estimate of drug-likeness (QED) is 0.883. The van der Waals surface area contributed by atoms with E-state index in [1.54, 1.807) is 24.3 Å². The van der Waals surface area contributed by atoms with E-state index in [1.165, 1.54) is 24.1 Å². The van der Waals surface area contributed by atoms with E-state index < -0.39 is 17.7 Å². The number of nitrogens with zero attached hydrogens (tertiary/aromatic N) is 1. The highest BCUT2D eigenvalue weighted by Gasteiger charge is 2.36. The van der Waals surface area contributed by atoms with Gasteiger partial charge in [-0.05, 0) is 42.5 Å². The van der Waals surface area contributed by atoms with E-state index in [4.69, 9.17) is 4.74 Å². The number of alkyl halides is 3. The minimum absolute atomic E-state index is 0.0299. The molecule has 1 unspecified atom stereocenters. The molecule has 0 spiro atoms. The van der Waals surface area contributed by atoms with Crippen LogP contribution in [0.15, 0.2) is 48.5 Å². The molecule has 2 amide bonds. The van der Waals surface area contributed by atoms with Crippen LogP contribution in [0.25, 0.3) is 0 Å². The molecular formula is C19H17F3N2O3. The van der Waals surface area contributed by atoms with Crippen molar-refractivity contribution in [2.45, 2.75) is 12.6 Å². The Morgan fingerprint density at radius 1 is 1.19 bits per heavy atom. The van der Waals surface area contributed by atoms with Gasteiger partial charge in [-0.25, -0.2) is 0 Å². The Kier molecular flexibility index (Phi) is 5.07. The van der Waals surface area contributed by atoms with Crippen molar-refractivity contribution in [1.29, 1.82) is 0 Å². The van der Waals surface area contributed by atoms with Crippen LogP contribution in [0.1, 0.15) is 12.0 Å². The van der Waals surface area contributed by atoms with Gasteiger partial charge < -0.3 is 15.0 Å². The van der Waals surface area contributed by atoms with Crippen LogP contribution in [0, 0.1) is 5.92 Å². The minimum atomic E-state index is -4.50. The number of nitrogens with one attached hydrogen (secondary N) is 1. The Labute approximate surface area is 153 Å². The second-order valence-electron chi connectivity index (χ2n) is 6.17. The monoisotopic (exact) mass is 378 g/mol. The third-order valence-corrected chi connectivity index (χ3v) is 4.34. The predicted molar refractivity (Wildman–Crippen MR) is 93.5 cm³/mol. The lowest BCUT2D eigenvalue weighted by Gasteiger charge is -2.18. The summed E-state index contributed by atoms with van der Waals surface area (Å²) in [5, 5.41) is 2.71. The first kappa shape index (κ1) is 18.8. The average Bonchev–Trinajstić information content (AvgIpc) is 3.04. The number of hydrogen-bond acceptors (Lipinski definition) is 3. The third kappa shape index (κ3) is 4.21. The maximum Gasteiger partial charge on any atom is 0.416 e. The first-order valence-corrected chi connectivity index (χ1v) is 8.20. The van der Waals surface area contributed by atoms with E-state index in [0.29, 0.717) is 11.4 Å². The number of benzene rings is 2. The molecule has 2 aromatic carbocycles. The van der Waals surface area contributed by atoms with Gasteiger partial charge in [0.15, 0.2) is 0 Å². The van der Waals surface area contributed by atoms with Crippen LogP contribution in [-0.2, 0) is 15.8 Å². The van der Waals surface area contributed by atoms with Crippen molar-refractivity contribution in [3.05, 3.63) is 54.1 Å². The number of methoxy groups -OCH3 is 1. The van der Waals surface area contributed by atoms with Gasteiger partial charge >= 0.3 is 6.18 Å². The number of amides is 2. The second-order valence-corrected chi connectivity index (χ2v) is 6.17. The summed E-state index contributed by atoms with van der Waals surface area (Å²) >= 11 is 0. The van der Waals surface area contributed by atoms with Crippen molar-refractivity contribution in [2.24, 2.45) is 5.92 Å². The standard InChI is InChI=1S/C19H17F3N2O3/c1-27-16-7-5-14(6-8-16)23-18(26)12-9-17(25)24(11-12)15-4-2-3-13(10-15)19(20,21)22/h2-8,10,12H,9,11H2,1H3,(H,23,26). The van der Waals surface area contributed by atoms with Gasteiger partial charge in [-0.15, -0.1) is 0 Å². The largest absolute Gasteiger partial charge is 0.497 e. The van der Waals surface area contributed by atoms with Crippen molar-refractivity contribution in [2.75, 3.05) is 23.9 Å². The summed E-state index contributed by atoms with van der Waals surface area (Å²) < 4.78 is 43.7. The van der Waals surface area contributed by atoms with Gasteiger partial charge in [0.1, 0.15) is 5.75 Å². The molecule has 3 rings (SSSR count). The molecule has 0 aromatic heterocycles. The zero-order chi connectivity index (χ0) is 19.6. The van der Waals surface area contributed by atoms with Crippen LogP contribution >= 0.6 is 0 Å². The van der Waals surface area contributed by atoms with Gasteiger partial charge in [-0.1, -0.05) is 6.07 Å². The van der Waals surface area contributed by atoms with E-state index >= 15 is 0 Å². The van der Waals surface area contributed by atoms with E-state index in [-0.39, 0.29) is 30.5 Å². The first-order chi connectivity index (χ1) is 12.8. The smallest absolute Gasteiger partial charge is 0.416 e. The fraction of sp³-hybridized carbons (Fsp3) is 0.263. The zero-order valence-corrected chi connectivity index (χ0v) is 14.4. The van der Waals surface area contributed by atoms with Crippen LogP contribution in [-0.4, -0.2) is 25.5 Å². The van der Waals surface area contributed by atoms with E-state index in [2.05, 4.69) is 5.32 Å². The highest BCUT2D eigenvalue weighted by atomic mass is 19.4. The topological polar surface area (TPSA) is 58.6 Å². The molecule has 27 heavy (non-hydrogen) atoms. The molecule has 5 nitrogen and oxygen atoms in total. The molecule has 0 saturated carbocycles. The van der Waals surface area contributed by atoms with Crippen LogP contribution in [0.5, 0.6) is 5.75 Å². The maximum atomic E-state index is 12.9. The Bertz CT molecular complexity index is 850.